The Kier molecular flexibility index (Phi) is 3.92. The summed E-state index contributed by atoms with van der Waals surface area (Å²) < 4.78 is 7.02. The van der Waals surface area contributed by atoms with Gasteiger partial charge in [-0.1, -0.05) is 20.4 Å². The summed E-state index contributed by atoms with van der Waals surface area (Å²) in [4.78, 5) is 20.1. The van der Waals surface area contributed by atoms with Gasteiger partial charge in [0.2, 0.25) is 0 Å². The molecule has 1 saturated carbocycles. The number of aliphatic imine (C=N–C) groups is 1. The van der Waals surface area contributed by atoms with Crippen LogP contribution in [-0.2, 0) is 9.53 Å². The number of carbonyl (C=O) groups excluding carboxylic acids is 1. The second kappa shape index (κ2) is 5.79. The van der Waals surface area contributed by atoms with Crippen molar-refractivity contribution in [3.05, 3.63) is 24.2 Å². The minimum Gasteiger partial charge on any atom is -0.464 e. The molecule has 2 aliphatic rings. The van der Waals surface area contributed by atoms with Crippen molar-refractivity contribution in [2.75, 3.05) is 13.2 Å². The third kappa shape index (κ3) is 2.80. The Morgan fingerprint density at radius 1 is 1.67 bits per heavy atom. The predicted octanol–water partition coefficient (Wildman–Crippen LogP) is 0.826. The molecule has 8 heteroatoms. The van der Waals surface area contributed by atoms with Gasteiger partial charge in [0.1, 0.15) is 18.6 Å². The first-order valence-electron chi connectivity index (χ1n) is 7.72. The van der Waals surface area contributed by atoms with E-state index >= 15 is 0 Å². The molecule has 0 saturated heterocycles. The number of nitrogens with two attached hydrogens (primary N) is 1. The van der Waals surface area contributed by atoms with E-state index in [1.54, 1.807) is 24.7 Å². The lowest BCUT2D eigenvalue weighted by Crippen LogP contribution is -2.32. The van der Waals surface area contributed by atoms with Crippen LogP contribution in [0.15, 0.2) is 23.5 Å². The zero-order valence-electron chi connectivity index (χ0n) is 13.7. The van der Waals surface area contributed by atoms with Crippen LogP contribution in [0.4, 0.5) is 5.82 Å². The van der Waals surface area contributed by atoms with Crippen molar-refractivity contribution < 1.29 is 14.6 Å². The molecule has 24 heavy (non-hydrogen) atoms. The highest BCUT2D eigenvalue weighted by molar-refractivity contribution is 5.94. The molecule has 0 aromatic carbocycles. The average molecular weight is 331 g/mol. The molecule has 3 rings (SSSR count). The Morgan fingerprint density at radius 2 is 2.42 bits per heavy atom. The van der Waals surface area contributed by atoms with Crippen LogP contribution in [0.1, 0.15) is 26.0 Å². The highest BCUT2D eigenvalue weighted by atomic mass is 16.5. The molecule has 1 fully saturated rings. The van der Waals surface area contributed by atoms with E-state index in [4.69, 9.17) is 10.5 Å². The zero-order chi connectivity index (χ0) is 17.5. The second-order valence-electron chi connectivity index (χ2n) is 6.46. The molecule has 0 spiro atoms. The van der Waals surface area contributed by atoms with Crippen LogP contribution in [0.25, 0.3) is 11.9 Å². The fourth-order valence-electron chi connectivity index (χ4n) is 2.52. The van der Waals surface area contributed by atoms with Crippen molar-refractivity contribution in [1.82, 2.24) is 14.9 Å². The molecule has 0 unspecified atom stereocenters. The van der Waals surface area contributed by atoms with Crippen LogP contribution in [0.5, 0.6) is 0 Å². The fourth-order valence-corrected chi connectivity index (χ4v) is 2.52. The predicted molar refractivity (Wildman–Crippen MR) is 89.9 cm³/mol. The summed E-state index contributed by atoms with van der Waals surface area (Å²) >= 11 is 0. The number of nitrogens with zero attached hydrogens (tertiary/aromatic N) is 3. The lowest BCUT2D eigenvalue weighted by Gasteiger charge is -2.14. The number of aliphatic hydroxyl groups excluding tert-OH is 1. The molecule has 1 aliphatic heterocycles. The van der Waals surface area contributed by atoms with E-state index < -0.39 is 5.41 Å². The number of imidazole rings is 1. The molecule has 4 N–H and O–H groups in total. The van der Waals surface area contributed by atoms with Crippen molar-refractivity contribution >= 4 is 29.6 Å². The monoisotopic (exact) mass is 331 g/mol. The highest BCUT2D eigenvalue weighted by Crippen LogP contribution is 2.52. The summed E-state index contributed by atoms with van der Waals surface area (Å²) in [6.07, 6.45) is 4.12. The third-order valence-electron chi connectivity index (χ3n) is 4.20. The lowest BCUT2D eigenvalue weighted by molar-refractivity contribution is -0.149. The molecule has 1 aromatic heterocycles. The van der Waals surface area contributed by atoms with Gasteiger partial charge in [0.25, 0.3) is 0 Å². The first-order chi connectivity index (χ1) is 11.4. The van der Waals surface area contributed by atoms with Gasteiger partial charge in [-0.15, -0.1) is 0 Å². The van der Waals surface area contributed by atoms with Gasteiger partial charge in [-0.2, -0.15) is 4.99 Å². The normalized spacial score (nSPS) is 23.8. The summed E-state index contributed by atoms with van der Waals surface area (Å²) in [6, 6.07) is 0. The zero-order valence-corrected chi connectivity index (χ0v) is 13.7. The topological polar surface area (TPSA) is 115 Å². The first kappa shape index (κ1) is 16.3. The number of hydrogen-bond donors (Lipinski definition) is 3. The molecule has 0 amide bonds. The van der Waals surface area contributed by atoms with Crippen LogP contribution in [-0.4, -0.2) is 39.8 Å². The maximum Gasteiger partial charge on any atom is 0.308 e. The van der Waals surface area contributed by atoms with Crippen LogP contribution >= 0.6 is 0 Å². The van der Waals surface area contributed by atoms with Crippen molar-refractivity contribution in [2.45, 2.75) is 20.3 Å². The quantitative estimate of drug-likeness (QED) is 0.688. The number of esters is 1. The molecule has 8 nitrogen and oxygen atoms in total. The molecular formula is C16H21N5O3. The number of carbonyl (C=O) groups is 1. The number of guanidine groups is 1. The van der Waals surface area contributed by atoms with Crippen molar-refractivity contribution in [2.24, 2.45) is 22.1 Å². The van der Waals surface area contributed by atoms with E-state index in [-0.39, 0.29) is 31.1 Å². The number of ether oxygens (including phenoxy) is 1. The number of nitrogens with one attached hydrogen (secondary N) is 1. The van der Waals surface area contributed by atoms with E-state index in [0.29, 0.717) is 23.6 Å². The number of aromatic nitrogens is 2. The lowest BCUT2D eigenvalue weighted by atomic mass is 10.1. The van der Waals surface area contributed by atoms with Gasteiger partial charge in [-0.25, -0.2) is 4.98 Å². The van der Waals surface area contributed by atoms with Crippen LogP contribution in [0, 0.1) is 11.3 Å². The number of fused-ring (bicyclic) bond motifs is 1. The average Bonchev–Trinajstić information content (AvgIpc) is 3.07. The van der Waals surface area contributed by atoms with E-state index in [9.17, 15) is 9.90 Å². The van der Waals surface area contributed by atoms with Crippen LogP contribution < -0.4 is 11.1 Å². The SMILES string of the molecule is C=C1NC(N)=Nc2c1ncn2/C=C1/C[C@@]1(CO)COC(=O)C(C)C. The number of rotatable bonds is 5. The van der Waals surface area contributed by atoms with E-state index in [1.807, 2.05) is 6.20 Å². The second-order valence-corrected chi connectivity index (χ2v) is 6.46. The fraction of sp³-hybridized carbons (Fsp3) is 0.438. The van der Waals surface area contributed by atoms with Crippen molar-refractivity contribution in [1.29, 1.82) is 0 Å². The first-order valence-corrected chi connectivity index (χ1v) is 7.72. The Morgan fingerprint density at radius 3 is 3.08 bits per heavy atom. The maximum absolute atomic E-state index is 11.6. The van der Waals surface area contributed by atoms with Gasteiger partial charge in [0, 0.05) is 6.20 Å². The third-order valence-corrected chi connectivity index (χ3v) is 4.20. The summed E-state index contributed by atoms with van der Waals surface area (Å²) in [6.45, 7) is 7.50. The van der Waals surface area contributed by atoms with E-state index in [2.05, 4.69) is 21.9 Å². The number of hydrogen-bond acceptors (Lipinski definition) is 7. The molecule has 128 valence electrons. The van der Waals surface area contributed by atoms with Gasteiger partial charge in [0.05, 0.1) is 23.6 Å². The molecular weight excluding hydrogens is 310 g/mol. The molecule has 1 aromatic rings. The van der Waals surface area contributed by atoms with E-state index in [1.165, 1.54) is 0 Å². The van der Waals surface area contributed by atoms with Crippen molar-refractivity contribution in [3.63, 3.8) is 0 Å². The number of aliphatic hydroxyl groups is 1. The van der Waals surface area contributed by atoms with Gasteiger partial charge in [0.15, 0.2) is 11.8 Å². The molecule has 1 atom stereocenters. The summed E-state index contributed by atoms with van der Waals surface area (Å²) in [5.41, 5.74) is 7.40. The minimum absolute atomic E-state index is 0.0826. The largest absolute Gasteiger partial charge is 0.464 e. The maximum atomic E-state index is 11.6. The van der Waals surface area contributed by atoms with Gasteiger partial charge >= 0.3 is 5.97 Å². The summed E-state index contributed by atoms with van der Waals surface area (Å²) in [7, 11) is 0. The highest BCUT2D eigenvalue weighted by Gasteiger charge is 2.50. The Balaban J connectivity index is 1.79. The van der Waals surface area contributed by atoms with Gasteiger partial charge in [-0.05, 0) is 12.0 Å². The minimum atomic E-state index is -0.513. The van der Waals surface area contributed by atoms with Crippen LogP contribution in [0.3, 0.4) is 0 Å². The molecule has 1 aliphatic carbocycles. The Labute approximate surface area is 139 Å². The Hall–Kier alpha value is -2.61. The van der Waals surface area contributed by atoms with Crippen molar-refractivity contribution in [3.8, 4) is 0 Å². The summed E-state index contributed by atoms with van der Waals surface area (Å²) in [5.74, 6) is 0.377. The standard InChI is InChI=1S/C16H21N5O3/c1-9(2)14(23)24-7-16(6-22)4-11(16)5-21-8-18-12-10(3)19-15(17)20-13(12)21/h5,8-9,22H,3-4,6-7H2,1-2H3,(H3,17,19,20)/b11-5-/t16-/m1/s1. The van der Waals surface area contributed by atoms with Gasteiger partial charge in [-0.3, -0.25) is 9.36 Å². The molecule has 0 bridgehead atoms. The molecule has 2 heterocycles. The smallest absolute Gasteiger partial charge is 0.308 e. The summed E-state index contributed by atoms with van der Waals surface area (Å²) in [5, 5.41) is 12.5. The van der Waals surface area contributed by atoms with Gasteiger partial charge < -0.3 is 20.9 Å². The Bertz CT molecular complexity index is 762. The van der Waals surface area contributed by atoms with Crippen LogP contribution in [0.2, 0.25) is 0 Å². The van der Waals surface area contributed by atoms with E-state index in [0.717, 1.165) is 5.57 Å². The molecule has 0 radical (unpaired) electrons.